The largest absolute Gasteiger partial charge is 0.354 e. The molecule has 1 amide bonds. The molecule has 2 heterocycles. The van der Waals surface area contributed by atoms with Crippen LogP contribution in [0.5, 0.6) is 0 Å². The van der Waals surface area contributed by atoms with Gasteiger partial charge in [-0.1, -0.05) is 12.1 Å². The number of nitrogens with one attached hydrogen (secondary N) is 2. The molecule has 2 N–H and O–H groups in total. The van der Waals surface area contributed by atoms with E-state index in [1.807, 2.05) is 12.1 Å². The number of aromatic amines is 1. The number of hydrogen-bond acceptors (Lipinski definition) is 2. The van der Waals surface area contributed by atoms with Crippen molar-refractivity contribution in [2.75, 3.05) is 6.54 Å². The first kappa shape index (κ1) is 13.5. The lowest BCUT2D eigenvalue weighted by Gasteiger charge is -2.04. The van der Waals surface area contributed by atoms with E-state index in [0.29, 0.717) is 29.6 Å². The van der Waals surface area contributed by atoms with Gasteiger partial charge in [-0.25, -0.2) is 4.39 Å². The van der Waals surface area contributed by atoms with Crippen molar-refractivity contribution in [1.29, 1.82) is 5.26 Å². The highest BCUT2D eigenvalue weighted by molar-refractivity contribution is 6.10. The molecule has 0 saturated carbocycles. The number of nitriles is 1. The van der Waals surface area contributed by atoms with Gasteiger partial charge in [-0.15, -0.1) is 0 Å². The Morgan fingerprint density at radius 3 is 2.70 bits per heavy atom. The van der Waals surface area contributed by atoms with Crippen LogP contribution in [-0.4, -0.2) is 17.4 Å². The molecule has 5 heteroatoms. The van der Waals surface area contributed by atoms with Crippen LogP contribution in [0.15, 0.2) is 36.4 Å². The van der Waals surface area contributed by atoms with Gasteiger partial charge in [-0.2, -0.15) is 5.26 Å². The van der Waals surface area contributed by atoms with Gasteiger partial charge in [0.25, 0.3) is 5.91 Å². The van der Waals surface area contributed by atoms with Gasteiger partial charge < -0.3 is 10.3 Å². The average Bonchev–Trinajstić information content (AvgIpc) is 2.83. The van der Waals surface area contributed by atoms with Crippen molar-refractivity contribution in [3.05, 3.63) is 58.9 Å². The summed E-state index contributed by atoms with van der Waals surface area (Å²) >= 11 is 0. The lowest BCUT2D eigenvalue weighted by molar-refractivity contribution is 0.0957. The predicted molar refractivity (Wildman–Crippen MR) is 84.4 cm³/mol. The van der Waals surface area contributed by atoms with E-state index < -0.39 is 5.82 Å². The third kappa shape index (κ3) is 2.08. The van der Waals surface area contributed by atoms with E-state index in [-0.39, 0.29) is 5.91 Å². The van der Waals surface area contributed by atoms with Crippen LogP contribution in [0.3, 0.4) is 0 Å². The monoisotopic (exact) mass is 305 g/mol. The molecule has 2 aromatic carbocycles. The smallest absolute Gasteiger partial charge is 0.252 e. The summed E-state index contributed by atoms with van der Waals surface area (Å²) in [4.78, 5) is 15.4. The third-order valence-electron chi connectivity index (χ3n) is 4.17. The first-order chi connectivity index (χ1) is 11.2. The van der Waals surface area contributed by atoms with E-state index in [0.717, 1.165) is 22.2 Å². The van der Waals surface area contributed by atoms with Gasteiger partial charge in [-0.05, 0) is 41.8 Å². The molecule has 3 aromatic rings. The lowest BCUT2D eigenvalue weighted by atomic mass is 10.00. The molecule has 1 aliphatic heterocycles. The zero-order valence-corrected chi connectivity index (χ0v) is 12.1. The summed E-state index contributed by atoms with van der Waals surface area (Å²) in [7, 11) is 0. The van der Waals surface area contributed by atoms with Gasteiger partial charge in [-0.3, -0.25) is 4.79 Å². The number of nitrogens with zero attached hydrogens (tertiary/aromatic N) is 1. The van der Waals surface area contributed by atoms with Crippen LogP contribution < -0.4 is 5.32 Å². The molecular formula is C18H12FN3O. The van der Waals surface area contributed by atoms with E-state index in [4.69, 9.17) is 5.26 Å². The molecule has 0 bridgehead atoms. The van der Waals surface area contributed by atoms with Gasteiger partial charge in [0, 0.05) is 23.1 Å². The fourth-order valence-electron chi connectivity index (χ4n) is 3.15. The Hall–Kier alpha value is -3.13. The standard InChI is InChI=1S/C18H12FN3O/c19-12-7-14-16-13(5-6-21-18(14)23)17(22-15(16)8-12)11-3-1-10(9-20)2-4-11/h1-4,7-8,22H,5-6H2,(H,21,23). The highest BCUT2D eigenvalue weighted by atomic mass is 19.1. The van der Waals surface area contributed by atoms with Gasteiger partial charge in [0.15, 0.2) is 0 Å². The van der Waals surface area contributed by atoms with Gasteiger partial charge in [0.2, 0.25) is 0 Å². The Labute approximate surface area is 131 Å². The molecule has 0 saturated heterocycles. The summed E-state index contributed by atoms with van der Waals surface area (Å²) in [6, 6.07) is 12.0. The topological polar surface area (TPSA) is 68.7 Å². The molecule has 0 fully saturated rings. The second-order valence-corrected chi connectivity index (χ2v) is 5.55. The van der Waals surface area contributed by atoms with Crippen LogP contribution in [0.4, 0.5) is 4.39 Å². The maximum absolute atomic E-state index is 13.8. The lowest BCUT2D eigenvalue weighted by Crippen LogP contribution is -2.23. The maximum Gasteiger partial charge on any atom is 0.252 e. The van der Waals surface area contributed by atoms with Crippen LogP contribution in [0.2, 0.25) is 0 Å². The molecule has 23 heavy (non-hydrogen) atoms. The highest BCUT2D eigenvalue weighted by Gasteiger charge is 2.23. The highest BCUT2D eigenvalue weighted by Crippen LogP contribution is 2.34. The number of carbonyl (C=O) groups excluding carboxylic acids is 1. The molecule has 0 aliphatic carbocycles. The minimum absolute atomic E-state index is 0.251. The quantitative estimate of drug-likeness (QED) is 0.725. The van der Waals surface area contributed by atoms with Crippen molar-refractivity contribution >= 4 is 16.8 Å². The maximum atomic E-state index is 13.8. The van der Waals surface area contributed by atoms with Gasteiger partial charge in [0.1, 0.15) is 5.82 Å². The number of benzene rings is 2. The SMILES string of the molecule is N#Cc1ccc(-c2[nH]c3cc(F)cc4c3c2CCNC4=O)cc1. The Bertz CT molecular complexity index is 980. The Balaban J connectivity index is 2.01. The van der Waals surface area contributed by atoms with E-state index in [1.54, 1.807) is 12.1 Å². The molecule has 0 spiro atoms. The summed E-state index contributed by atoms with van der Waals surface area (Å²) in [6.45, 7) is 0.505. The van der Waals surface area contributed by atoms with E-state index in [9.17, 15) is 9.18 Å². The summed E-state index contributed by atoms with van der Waals surface area (Å²) in [5, 5.41) is 12.5. The molecule has 1 aromatic heterocycles. The van der Waals surface area contributed by atoms with Crippen molar-refractivity contribution in [2.24, 2.45) is 0 Å². The Morgan fingerprint density at radius 2 is 1.96 bits per heavy atom. The number of hydrogen-bond donors (Lipinski definition) is 2. The van der Waals surface area contributed by atoms with Gasteiger partial charge >= 0.3 is 0 Å². The average molecular weight is 305 g/mol. The first-order valence-electron chi connectivity index (χ1n) is 7.30. The summed E-state index contributed by atoms with van der Waals surface area (Å²) < 4.78 is 13.8. The van der Waals surface area contributed by atoms with Crippen LogP contribution in [0, 0.1) is 17.1 Å². The fraction of sp³-hybridized carbons (Fsp3) is 0.111. The van der Waals surface area contributed by atoms with E-state index in [2.05, 4.69) is 16.4 Å². The van der Waals surface area contributed by atoms with E-state index in [1.165, 1.54) is 12.1 Å². The van der Waals surface area contributed by atoms with Crippen LogP contribution >= 0.6 is 0 Å². The predicted octanol–water partition coefficient (Wildman–Crippen LogP) is 3.13. The Morgan fingerprint density at radius 1 is 1.17 bits per heavy atom. The summed E-state index contributed by atoms with van der Waals surface area (Å²) in [5.74, 6) is -0.692. The molecule has 4 nitrogen and oxygen atoms in total. The third-order valence-corrected chi connectivity index (χ3v) is 4.17. The fourth-order valence-corrected chi connectivity index (χ4v) is 3.15. The number of rotatable bonds is 1. The Kier molecular flexibility index (Phi) is 2.91. The number of amides is 1. The number of halogens is 1. The summed E-state index contributed by atoms with van der Waals surface area (Å²) in [5.41, 5.74) is 4.34. The van der Waals surface area contributed by atoms with Crippen molar-refractivity contribution in [2.45, 2.75) is 6.42 Å². The van der Waals surface area contributed by atoms with Crippen molar-refractivity contribution in [3.8, 4) is 17.3 Å². The minimum Gasteiger partial charge on any atom is -0.354 e. The minimum atomic E-state index is -0.441. The van der Waals surface area contributed by atoms with E-state index >= 15 is 0 Å². The number of carbonyl (C=O) groups is 1. The first-order valence-corrected chi connectivity index (χ1v) is 7.30. The van der Waals surface area contributed by atoms with Gasteiger partial charge in [0.05, 0.1) is 17.2 Å². The second-order valence-electron chi connectivity index (χ2n) is 5.55. The molecule has 0 radical (unpaired) electrons. The van der Waals surface area contributed by atoms with Crippen LogP contribution in [-0.2, 0) is 6.42 Å². The summed E-state index contributed by atoms with van der Waals surface area (Å²) in [6.07, 6.45) is 0.666. The van der Waals surface area contributed by atoms with Crippen molar-refractivity contribution in [1.82, 2.24) is 10.3 Å². The van der Waals surface area contributed by atoms with Crippen molar-refractivity contribution in [3.63, 3.8) is 0 Å². The molecule has 4 rings (SSSR count). The molecule has 112 valence electrons. The van der Waals surface area contributed by atoms with Crippen molar-refractivity contribution < 1.29 is 9.18 Å². The second kappa shape index (κ2) is 4.96. The van der Waals surface area contributed by atoms with Crippen LogP contribution in [0.1, 0.15) is 21.5 Å². The number of H-pyrrole nitrogens is 1. The normalized spacial score (nSPS) is 13.5. The molecule has 1 aliphatic rings. The molecule has 0 atom stereocenters. The molecular weight excluding hydrogens is 293 g/mol. The molecule has 0 unspecified atom stereocenters. The zero-order valence-electron chi connectivity index (χ0n) is 12.1. The zero-order chi connectivity index (χ0) is 16.0. The number of aromatic nitrogens is 1. The van der Waals surface area contributed by atoms with Crippen LogP contribution in [0.25, 0.3) is 22.2 Å².